The maximum absolute atomic E-state index is 11.9. The molecule has 2 aliphatic carbocycles. The van der Waals surface area contributed by atoms with Gasteiger partial charge in [-0.05, 0) is 60.7 Å². The summed E-state index contributed by atoms with van der Waals surface area (Å²) in [6.45, 7) is 8.98. The smallest absolute Gasteiger partial charge is 0.309 e. The Kier molecular flexibility index (Phi) is 5.99. The molecule has 0 heterocycles. The number of fused-ring (bicyclic) bond motifs is 2. The lowest BCUT2D eigenvalue weighted by Gasteiger charge is -2.43. The summed E-state index contributed by atoms with van der Waals surface area (Å²) in [7, 11) is -1.71. The van der Waals surface area contributed by atoms with Crippen molar-refractivity contribution in [3.05, 3.63) is 0 Å². The van der Waals surface area contributed by atoms with Gasteiger partial charge in [-0.25, -0.2) is 0 Å². The van der Waals surface area contributed by atoms with Crippen molar-refractivity contribution in [3.63, 3.8) is 0 Å². The van der Waals surface area contributed by atoms with E-state index >= 15 is 0 Å². The van der Waals surface area contributed by atoms with Gasteiger partial charge in [0.25, 0.3) is 0 Å². The third-order valence-corrected chi connectivity index (χ3v) is 9.03. The van der Waals surface area contributed by atoms with Crippen LogP contribution in [0.3, 0.4) is 0 Å². The fourth-order valence-corrected chi connectivity index (χ4v) is 6.87. The lowest BCUT2D eigenvalue weighted by atomic mass is 9.62. The average Bonchev–Trinajstić information content (AvgIpc) is 2.87. The summed E-state index contributed by atoms with van der Waals surface area (Å²) in [6, 6.07) is 0. The lowest BCUT2D eigenvalue weighted by Crippen LogP contribution is -2.42. The topological polar surface area (TPSA) is 118 Å². The molecule has 4 N–H and O–H groups in total. The summed E-state index contributed by atoms with van der Waals surface area (Å²) in [5.41, 5.74) is 5.51. The van der Waals surface area contributed by atoms with E-state index in [4.69, 9.17) is 5.73 Å². The van der Waals surface area contributed by atoms with Gasteiger partial charge in [-0.3, -0.25) is 9.59 Å². The highest BCUT2D eigenvalue weighted by atomic mass is 31.1. The quantitative estimate of drug-likeness (QED) is 0.526. The monoisotopic (exact) mass is 387 g/mol. The minimum atomic E-state index is -1.77. The van der Waals surface area contributed by atoms with Gasteiger partial charge in [-0.2, -0.15) is 0 Å². The Morgan fingerprint density at radius 2 is 1.96 bits per heavy atom. The van der Waals surface area contributed by atoms with E-state index in [-0.39, 0.29) is 36.0 Å². The molecule has 26 heavy (non-hydrogen) atoms. The van der Waals surface area contributed by atoms with E-state index in [1.807, 2.05) is 6.92 Å². The van der Waals surface area contributed by atoms with E-state index in [2.05, 4.69) is 20.8 Å². The van der Waals surface area contributed by atoms with Crippen molar-refractivity contribution in [2.75, 3.05) is 0 Å². The van der Waals surface area contributed by atoms with Crippen molar-refractivity contribution in [1.29, 1.82) is 0 Å². The molecular weight excluding hydrogens is 353 g/mol. The molecule has 0 aromatic rings. The highest BCUT2D eigenvalue weighted by Gasteiger charge is 2.62. The van der Waals surface area contributed by atoms with Gasteiger partial charge >= 0.3 is 5.97 Å². The molecular formula is C19H34NO5P. The number of rotatable bonds is 9. The molecule has 0 saturated heterocycles. The van der Waals surface area contributed by atoms with Gasteiger partial charge in [0.2, 0.25) is 5.91 Å². The number of nitrogens with two attached hydrogens (primary N) is 1. The Labute approximate surface area is 157 Å². The molecule has 2 saturated carbocycles. The molecule has 1 amide bonds. The van der Waals surface area contributed by atoms with Crippen molar-refractivity contribution in [3.8, 4) is 0 Å². The van der Waals surface area contributed by atoms with Crippen LogP contribution in [0.4, 0.5) is 0 Å². The largest absolute Gasteiger partial charge is 0.481 e. The van der Waals surface area contributed by atoms with Gasteiger partial charge < -0.3 is 20.5 Å². The van der Waals surface area contributed by atoms with Crippen LogP contribution in [-0.4, -0.2) is 27.4 Å². The fourth-order valence-electron chi connectivity index (χ4n) is 5.93. The molecule has 0 spiro atoms. The molecule has 7 heteroatoms. The van der Waals surface area contributed by atoms with Crippen LogP contribution in [-0.2, 0) is 14.2 Å². The van der Waals surface area contributed by atoms with Gasteiger partial charge in [0.1, 0.15) is 5.34 Å². The predicted molar refractivity (Wildman–Crippen MR) is 101 cm³/mol. The van der Waals surface area contributed by atoms with Crippen LogP contribution < -0.4 is 5.73 Å². The predicted octanol–water partition coefficient (Wildman–Crippen LogP) is 2.89. The second kappa shape index (κ2) is 7.27. The molecule has 2 rings (SSSR count). The minimum absolute atomic E-state index is 0.0615. The number of carboxylic acid groups (broad SMARTS) is 1. The number of carbonyl (C=O) groups is 2. The minimum Gasteiger partial charge on any atom is -0.481 e. The zero-order valence-electron chi connectivity index (χ0n) is 16.3. The van der Waals surface area contributed by atoms with Gasteiger partial charge in [0.05, 0.1) is 14.4 Å². The van der Waals surface area contributed by atoms with Crippen LogP contribution >= 0.6 is 8.46 Å². The molecule has 150 valence electrons. The number of aliphatic carboxylic acids is 1. The summed E-state index contributed by atoms with van der Waals surface area (Å²) in [5, 5.41) is 18.7. The van der Waals surface area contributed by atoms with Crippen LogP contribution in [0.5, 0.6) is 0 Å². The SMILES string of the molecule is CC(CC(O)([PH2]=O)C(CCC(N)=O)C(=O)O)C1CC2CCC1(C)C2(C)C. The second-order valence-electron chi connectivity index (χ2n) is 9.40. The van der Waals surface area contributed by atoms with Crippen LogP contribution in [0.2, 0.25) is 0 Å². The normalized spacial score (nSPS) is 34.7. The number of amides is 1. The third-order valence-electron chi connectivity index (χ3n) is 7.98. The first-order chi connectivity index (χ1) is 11.9. The number of carbonyl (C=O) groups excluding carboxylic acids is 1. The van der Waals surface area contributed by atoms with Crippen LogP contribution in [0.15, 0.2) is 0 Å². The van der Waals surface area contributed by atoms with Crippen LogP contribution in [0.25, 0.3) is 0 Å². The molecule has 2 bridgehead atoms. The van der Waals surface area contributed by atoms with E-state index in [0.29, 0.717) is 11.8 Å². The van der Waals surface area contributed by atoms with Crippen molar-refractivity contribution in [1.82, 2.24) is 0 Å². The zero-order valence-corrected chi connectivity index (χ0v) is 17.5. The maximum Gasteiger partial charge on any atom is 0.309 e. The Bertz CT molecular complexity index is 594. The Morgan fingerprint density at radius 3 is 2.35 bits per heavy atom. The van der Waals surface area contributed by atoms with Crippen molar-refractivity contribution >= 4 is 20.3 Å². The number of hydrogen-bond acceptors (Lipinski definition) is 4. The fraction of sp³-hybridized carbons (Fsp3) is 0.895. The number of carboxylic acids is 1. The molecule has 0 aromatic carbocycles. The summed E-state index contributed by atoms with van der Waals surface area (Å²) in [6.07, 6.45) is 3.41. The number of aliphatic hydroxyl groups is 1. The first-order valence-electron chi connectivity index (χ1n) is 9.59. The molecule has 6 nitrogen and oxygen atoms in total. The number of hydrogen-bond donors (Lipinski definition) is 3. The molecule has 0 aromatic heterocycles. The summed E-state index contributed by atoms with van der Waals surface area (Å²) in [5.74, 6) is -1.98. The highest BCUT2D eigenvalue weighted by Crippen LogP contribution is 2.70. The van der Waals surface area contributed by atoms with Gasteiger partial charge in [-0.1, -0.05) is 27.7 Å². The van der Waals surface area contributed by atoms with Gasteiger partial charge in [0, 0.05) is 6.42 Å². The lowest BCUT2D eigenvalue weighted by molar-refractivity contribution is -0.148. The molecule has 0 aliphatic heterocycles. The first kappa shape index (κ1) is 21.4. The Morgan fingerprint density at radius 1 is 1.35 bits per heavy atom. The number of primary amides is 1. The third kappa shape index (κ3) is 3.47. The molecule has 2 fully saturated rings. The standard InChI is InChI=1S/C19H34NO5P/c1-11(14-9-12-7-8-18(14,4)17(12,2)3)10-19(24,26-25)13(16(22)23)5-6-15(20)21/h11-14,24H,5-10,26H2,1-4H3,(H2,20,21)(H,22,23). The van der Waals surface area contributed by atoms with E-state index in [1.54, 1.807) is 0 Å². The van der Waals surface area contributed by atoms with E-state index in [9.17, 15) is 24.4 Å². The van der Waals surface area contributed by atoms with Crippen molar-refractivity contribution in [2.45, 2.75) is 71.6 Å². The van der Waals surface area contributed by atoms with Crippen LogP contribution in [0, 0.1) is 34.5 Å². The summed E-state index contributed by atoms with van der Waals surface area (Å²) in [4.78, 5) is 22.7. The highest BCUT2D eigenvalue weighted by molar-refractivity contribution is 7.25. The first-order valence-corrected chi connectivity index (χ1v) is 10.6. The molecule has 7 atom stereocenters. The van der Waals surface area contributed by atoms with E-state index < -0.39 is 31.6 Å². The van der Waals surface area contributed by atoms with E-state index in [0.717, 1.165) is 12.8 Å². The van der Waals surface area contributed by atoms with Crippen LogP contribution in [0.1, 0.15) is 66.2 Å². The Balaban J connectivity index is 2.19. The zero-order chi connectivity index (χ0) is 19.9. The second-order valence-corrected chi connectivity index (χ2v) is 10.6. The molecule has 7 unspecified atom stereocenters. The molecule has 0 radical (unpaired) electrons. The maximum atomic E-state index is 11.9. The summed E-state index contributed by atoms with van der Waals surface area (Å²) < 4.78 is 11.9. The van der Waals surface area contributed by atoms with Gasteiger partial charge in [-0.15, -0.1) is 0 Å². The van der Waals surface area contributed by atoms with Crippen molar-refractivity contribution in [2.24, 2.45) is 40.2 Å². The summed E-state index contributed by atoms with van der Waals surface area (Å²) >= 11 is 0. The van der Waals surface area contributed by atoms with Crippen molar-refractivity contribution < 1.29 is 24.4 Å². The molecule has 2 aliphatic rings. The van der Waals surface area contributed by atoms with Gasteiger partial charge in [0.15, 0.2) is 0 Å². The Hall–Kier alpha value is -0.870. The average molecular weight is 387 g/mol. The van der Waals surface area contributed by atoms with E-state index in [1.165, 1.54) is 6.42 Å².